The lowest BCUT2D eigenvalue weighted by Crippen LogP contribution is -2.29. The first-order valence-corrected chi connectivity index (χ1v) is 7.66. The lowest BCUT2D eigenvalue weighted by atomic mass is 9.88. The van der Waals surface area contributed by atoms with E-state index >= 15 is 0 Å². The van der Waals surface area contributed by atoms with Crippen molar-refractivity contribution < 1.29 is 13.2 Å². The van der Waals surface area contributed by atoms with Crippen molar-refractivity contribution in [3.8, 4) is 0 Å². The molecule has 0 aromatic carbocycles. The fraction of sp³-hybridized carbons (Fsp3) is 0.667. The molecule has 6 heteroatoms. The molecular weight excluding hydrogens is 301 g/mol. The molecule has 3 rings (SSSR count). The Morgan fingerprint density at radius 3 is 2.62 bits per heavy atom. The molecule has 0 amide bonds. The molecule has 3 atom stereocenters. The zero-order valence-corrected chi connectivity index (χ0v) is 12.6. The topological polar surface area (TPSA) is 16.1 Å². The molecule has 2 fully saturated rings. The highest BCUT2D eigenvalue weighted by atomic mass is 35.5. The Kier molecular flexibility index (Phi) is 3.80. The maximum absolute atomic E-state index is 12.8. The highest BCUT2D eigenvalue weighted by Crippen LogP contribution is 2.48. The molecule has 1 aromatic rings. The number of halogens is 4. The van der Waals surface area contributed by atoms with Gasteiger partial charge in [0.15, 0.2) is 0 Å². The molecule has 1 heterocycles. The van der Waals surface area contributed by atoms with Crippen LogP contribution in [-0.2, 0) is 6.18 Å². The summed E-state index contributed by atoms with van der Waals surface area (Å²) in [5.74, 6) is 2.44. The number of anilines is 1. The molecule has 21 heavy (non-hydrogen) atoms. The molecule has 2 nitrogen and oxygen atoms in total. The van der Waals surface area contributed by atoms with Crippen LogP contribution in [0.5, 0.6) is 0 Å². The van der Waals surface area contributed by atoms with Crippen LogP contribution in [0.3, 0.4) is 0 Å². The lowest BCUT2D eigenvalue weighted by molar-refractivity contribution is -0.137. The quantitative estimate of drug-likeness (QED) is 0.756. The van der Waals surface area contributed by atoms with Crippen LogP contribution in [0.4, 0.5) is 19.0 Å². The summed E-state index contributed by atoms with van der Waals surface area (Å²) in [6.45, 7) is 0.756. The second-order valence-corrected chi connectivity index (χ2v) is 6.74. The molecule has 0 aliphatic heterocycles. The molecule has 0 saturated heterocycles. The summed E-state index contributed by atoms with van der Waals surface area (Å²) >= 11 is 5.74. The largest absolute Gasteiger partial charge is 0.416 e. The minimum atomic E-state index is -4.39. The number of fused-ring (bicyclic) bond motifs is 2. The van der Waals surface area contributed by atoms with Gasteiger partial charge in [-0.25, -0.2) is 4.98 Å². The van der Waals surface area contributed by atoms with Gasteiger partial charge in [0.1, 0.15) is 11.0 Å². The molecule has 116 valence electrons. The summed E-state index contributed by atoms with van der Waals surface area (Å²) in [7, 11) is 1.80. The third kappa shape index (κ3) is 3.12. The smallest absolute Gasteiger partial charge is 0.359 e. The summed E-state index contributed by atoms with van der Waals surface area (Å²) in [6, 6.07) is 1.95. The van der Waals surface area contributed by atoms with Gasteiger partial charge in [0, 0.05) is 13.6 Å². The highest BCUT2D eigenvalue weighted by molar-refractivity contribution is 6.29. The lowest BCUT2D eigenvalue weighted by Gasteiger charge is -2.28. The van der Waals surface area contributed by atoms with Crippen LogP contribution < -0.4 is 4.90 Å². The second kappa shape index (κ2) is 5.34. The maximum Gasteiger partial charge on any atom is 0.416 e. The second-order valence-electron chi connectivity index (χ2n) is 6.35. The average Bonchev–Trinajstić information content (AvgIpc) is 2.99. The van der Waals surface area contributed by atoms with Crippen molar-refractivity contribution in [2.75, 3.05) is 18.5 Å². The van der Waals surface area contributed by atoms with Crippen LogP contribution in [0.25, 0.3) is 0 Å². The Hall–Kier alpha value is -0.970. The number of aromatic nitrogens is 1. The molecule has 2 saturated carbocycles. The standard InChI is InChI=1S/C15H18ClF3N2/c1-21(8-11-5-9-2-3-10(11)4-9)14-7-12(15(17,18)19)6-13(16)20-14/h6-7,9-11H,2-5,8H2,1H3. The fourth-order valence-electron chi connectivity index (χ4n) is 3.89. The molecule has 3 unspecified atom stereocenters. The maximum atomic E-state index is 12.8. The predicted octanol–water partition coefficient (Wildman–Crippen LogP) is 4.63. The van der Waals surface area contributed by atoms with Crippen LogP contribution in [0.1, 0.15) is 31.2 Å². The Labute approximate surface area is 127 Å². The number of pyridine rings is 1. The summed E-state index contributed by atoms with van der Waals surface area (Å²) in [5, 5.41) is -0.111. The first kappa shape index (κ1) is 14.9. The van der Waals surface area contributed by atoms with Gasteiger partial charge in [-0.05, 0) is 49.1 Å². The number of alkyl halides is 3. The van der Waals surface area contributed by atoms with Crippen molar-refractivity contribution in [2.45, 2.75) is 31.9 Å². The zero-order chi connectivity index (χ0) is 15.2. The van der Waals surface area contributed by atoms with E-state index in [0.29, 0.717) is 11.7 Å². The van der Waals surface area contributed by atoms with E-state index in [2.05, 4.69) is 4.98 Å². The number of rotatable bonds is 3. The van der Waals surface area contributed by atoms with Crippen molar-refractivity contribution in [1.29, 1.82) is 0 Å². The summed E-state index contributed by atoms with van der Waals surface area (Å²) in [6.07, 6.45) is 0.671. The van der Waals surface area contributed by atoms with Gasteiger partial charge >= 0.3 is 6.18 Å². The van der Waals surface area contributed by atoms with E-state index < -0.39 is 11.7 Å². The molecule has 1 aromatic heterocycles. The van der Waals surface area contributed by atoms with Crippen LogP contribution in [0.15, 0.2) is 12.1 Å². The van der Waals surface area contributed by atoms with Gasteiger partial charge in [-0.3, -0.25) is 0 Å². The van der Waals surface area contributed by atoms with E-state index in [0.717, 1.165) is 30.5 Å². The Balaban J connectivity index is 1.75. The first-order valence-electron chi connectivity index (χ1n) is 7.29. The van der Waals surface area contributed by atoms with Crippen LogP contribution >= 0.6 is 11.6 Å². The van der Waals surface area contributed by atoms with Crippen molar-refractivity contribution in [3.05, 3.63) is 22.8 Å². The van der Waals surface area contributed by atoms with Crippen molar-refractivity contribution in [1.82, 2.24) is 4.98 Å². The third-order valence-electron chi connectivity index (χ3n) is 4.89. The minimum absolute atomic E-state index is 0.111. The van der Waals surface area contributed by atoms with E-state index in [1.54, 1.807) is 7.05 Å². The molecule has 0 spiro atoms. The van der Waals surface area contributed by atoms with Gasteiger partial charge in [0.05, 0.1) is 5.56 Å². The van der Waals surface area contributed by atoms with E-state index in [4.69, 9.17) is 11.6 Å². The van der Waals surface area contributed by atoms with Crippen LogP contribution in [0, 0.1) is 17.8 Å². The molecule has 0 N–H and O–H groups in total. The van der Waals surface area contributed by atoms with E-state index in [1.807, 2.05) is 4.90 Å². The molecular formula is C15H18ClF3N2. The summed E-state index contributed by atoms with van der Waals surface area (Å²) < 4.78 is 38.5. The van der Waals surface area contributed by atoms with Gasteiger partial charge in [-0.2, -0.15) is 13.2 Å². The molecule has 2 aliphatic rings. The summed E-state index contributed by atoms with van der Waals surface area (Å²) in [4.78, 5) is 5.85. The monoisotopic (exact) mass is 318 g/mol. The highest BCUT2D eigenvalue weighted by Gasteiger charge is 2.40. The summed E-state index contributed by atoms with van der Waals surface area (Å²) in [5.41, 5.74) is -0.739. The first-order chi connectivity index (χ1) is 9.83. The van der Waals surface area contributed by atoms with Crippen molar-refractivity contribution in [2.24, 2.45) is 17.8 Å². The van der Waals surface area contributed by atoms with Gasteiger partial charge in [0.25, 0.3) is 0 Å². The average molecular weight is 319 g/mol. The van der Waals surface area contributed by atoms with Gasteiger partial charge < -0.3 is 4.90 Å². The van der Waals surface area contributed by atoms with Gasteiger partial charge in [-0.1, -0.05) is 18.0 Å². The van der Waals surface area contributed by atoms with Crippen LogP contribution in [0.2, 0.25) is 5.15 Å². The van der Waals surface area contributed by atoms with E-state index in [1.165, 1.54) is 25.7 Å². The van der Waals surface area contributed by atoms with Crippen LogP contribution in [-0.4, -0.2) is 18.6 Å². The number of nitrogens with zero attached hydrogens (tertiary/aromatic N) is 2. The Morgan fingerprint density at radius 1 is 1.29 bits per heavy atom. The Bertz CT molecular complexity index is 532. The molecule has 0 radical (unpaired) electrons. The van der Waals surface area contributed by atoms with Gasteiger partial charge in [0.2, 0.25) is 0 Å². The van der Waals surface area contributed by atoms with Crippen molar-refractivity contribution >= 4 is 17.4 Å². The number of hydrogen-bond donors (Lipinski definition) is 0. The van der Waals surface area contributed by atoms with E-state index in [-0.39, 0.29) is 5.15 Å². The SMILES string of the molecule is CN(CC1CC2CCC1C2)c1cc(C(F)(F)F)cc(Cl)n1. The number of hydrogen-bond acceptors (Lipinski definition) is 2. The fourth-order valence-corrected chi connectivity index (χ4v) is 4.09. The van der Waals surface area contributed by atoms with E-state index in [9.17, 15) is 13.2 Å². The molecule has 2 aliphatic carbocycles. The van der Waals surface area contributed by atoms with Gasteiger partial charge in [-0.15, -0.1) is 0 Å². The predicted molar refractivity (Wildman–Crippen MR) is 76.5 cm³/mol. The zero-order valence-electron chi connectivity index (χ0n) is 11.8. The third-order valence-corrected chi connectivity index (χ3v) is 5.09. The molecule has 2 bridgehead atoms. The Morgan fingerprint density at radius 2 is 2.05 bits per heavy atom. The minimum Gasteiger partial charge on any atom is -0.359 e. The van der Waals surface area contributed by atoms with Crippen molar-refractivity contribution in [3.63, 3.8) is 0 Å². The normalized spacial score (nSPS) is 28.1.